The number of aryl methyl sites for hydroxylation is 1. The number of rotatable bonds is 3. The standard InChI is InChI=1S/C18H19F3N2O3/c1-11-8-14(12(2)23(11)10-18(19,20)21)17(24)22-13-4-5-15-16(9-13)26-7-3-6-25-15/h4-5,8-9H,3,6-7,10H2,1-2H3,(H,22,24). The van der Waals surface area contributed by atoms with Crippen LogP contribution in [-0.2, 0) is 6.54 Å². The maximum Gasteiger partial charge on any atom is 0.406 e. The van der Waals surface area contributed by atoms with Crippen molar-refractivity contribution in [1.29, 1.82) is 0 Å². The number of carbonyl (C=O) groups excluding carboxylic acids is 1. The van der Waals surface area contributed by atoms with Crippen molar-refractivity contribution in [1.82, 2.24) is 4.57 Å². The van der Waals surface area contributed by atoms with Gasteiger partial charge in [-0.3, -0.25) is 4.79 Å². The number of nitrogens with zero attached hydrogens (tertiary/aromatic N) is 1. The highest BCUT2D eigenvalue weighted by Gasteiger charge is 2.30. The van der Waals surface area contributed by atoms with Gasteiger partial charge in [0.25, 0.3) is 5.91 Å². The molecule has 0 unspecified atom stereocenters. The van der Waals surface area contributed by atoms with Crippen LogP contribution in [0.1, 0.15) is 28.2 Å². The number of nitrogens with one attached hydrogen (secondary N) is 1. The molecule has 0 bridgehead atoms. The monoisotopic (exact) mass is 368 g/mol. The average molecular weight is 368 g/mol. The fourth-order valence-electron chi connectivity index (χ4n) is 2.89. The van der Waals surface area contributed by atoms with Crippen molar-refractivity contribution >= 4 is 11.6 Å². The second kappa shape index (κ2) is 6.93. The molecular formula is C18H19F3N2O3. The number of fused-ring (bicyclic) bond motifs is 1. The number of anilines is 1. The summed E-state index contributed by atoms with van der Waals surface area (Å²) in [6, 6.07) is 6.47. The summed E-state index contributed by atoms with van der Waals surface area (Å²) in [6.07, 6.45) is -3.59. The molecule has 1 N–H and O–H groups in total. The van der Waals surface area contributed by atoms with Crippen LogP contribution >= 0.6 is 0 Å². The SMILES string of the molecule is Cc1cc(C(=O)Nc2ccc3c(c2)OCCCO3)c(C)n1CC(F)(F)F. The van der Waals surface area contributed by atoms with Gasteiger partial charge in [-0.05, 0) is 32.0 Å². The molecule has 0 saturated heterocycles. The molecule has 0 atom stereocenters. The molecule has 5 nitrogen and oxygen atoms in total. The third-order valence-electron chi connectivity index (χ3n) is 4.16. The molecule has 0 radical (unpaired) electrons. The highest BCUT2D eigenvalue weighted by atomic mass is 19.4. The van der Waals surface area contributed by atoms with Gasteiger partial charge in [0.15, 0.2) is 11.5 Å². The lowest BCUT2D eigenvalue weighted by atomic mass is 10.2. The van der Waals surface area contributed by atoms with Crippen LogP contribution in [0.3, 0.4) is 0 Å². The van der Waals surface area contributed by atoms with Crippen LogP contribution in [0, 0.1) is 13.8 Å². The summed E-state index contributed by atoms with van der Waals surface area (Å²) < 4.78 is 50.3. The molecule has 2 heterocycles. The molecule has 140 valence electrons. The molecule has 0 aliphatic carbocycles. The number of alkyl halides is 3. The van der Waals surface area contributed by atoms with E-state index < -0.39 is 18.6 Å². The molecule has 0 spiro atoms. The van der Waals surface area contributed by atoms with Gasteiger partial charge < -0.3 is 19.4 Å². The molecule has 2 aromatic rings. The molecule has 26 heavy (non-hydrogen) atoms. The van der Waals surface area contributed by atoms with Crippen LogP contribution in [0.2, 0.25) is 0 Å². The van der Waals surface area contributed by atoms with Crippen LogP contribution in [0.5, 0.6) is 11.5 Å². The Labute approximate surface area is 148 Å². The molecular weight excluding hydrogens is 349 g/mol. The van der Waals surface area contributed by atoms with E-state index in [0.717, 1.165) is 11.0 Å². The normalized spacial score (nSPS) is 14.0. The van der Waals surface area contributed by atoms with E-state index in [9.17, 15) is 18.0 Å². The Morgan fingerprint density at radius 3 is 2.54 bits per heavy atom. The van der Waals surface area contributed by atoms with Crippen molar-refractivity contribution in [2.45, 2.75) is 33.0 Å². The van der Waals surface area contributed by atoms with Gasteiger partial charge in [0, 0.05) is 29.6 Å². The zero-order chi connectivity index (χ0) is 18.9. The minimum Gasteiger partial charge on any atom is -0.490 e. The van der Waals surface area contributed by atoms with E-state index in [1.807, 2.05) is 0 Å². The van der Waals surface area contributed by atoms with Crippen molar-refractivity contribution in [2.24, 2.45) is 0 Å². The third kappa shape index (κ3) is 3.95. The fraction of sp³-hybridized carbons (Fsp3) is 0.389. The Hall–Kier alpha value is -2.64. The minimum atomic E-state index is -4.35. The lowest BCUT2D eigenvalue weighted by molar-refractivity contribution is -0.141. The van der Waals surface area contributed by atoms with E-state index in [1.54, 1.807) is 25.1 Å². The molecule has 3 rings (SSSR count). The summed E-state index contributed by atoms with van der Waals surface area (Å²) in [5, 5.41) is 2.70. The minimum absolute atomic E-state index is 0.207. The van der Waals surface area contributed by atoms with E-state index in [-0.39, 0.29) is 11.3 Å². The number of amides is 1. The predicted octanol–water partition coefficient (Wildman–Crippen LogP) is 4.08. The van der Waals surface area contributed by atoms with Gasteiger partial charge in [0.05, 0.1) is 18.8 Å². The first-order valence-corrected chi connectivity index (χ1v) is 8.19. The van der Waals surface area contributed by atoms with Crippen LogP contribution in [0.25, 0.3) is 0 Å². The largest absolute Gasteiger partial charge is 0.490 e. The lowest BCUT2D eigenvalue weighted by Crippen LogP contribution is -2.20. The van der Waals surface area contributed by atoms with Crippen molar-refractivity contribution < 1.29 is 27.4 Å². The number of aromatic nitrogens is 1. The van der Waals surface area contributed by atoms with Crippen LogP contribution in [0.15, 0.2) is 24.3 Å². The van der Waals surface area contributed by atoms with Crippen LogP contribution in [0.4, 0.5) is 18.9 Å². The van der Waals surface area contributed by atoms with E-state index in [4.69, 9.17) is 9.47 Å². The van der Waals surface area contributed by atoms with Gasteiger partial charge in [-0.15, -0.1) is 0 Å². The Morgan fingerprint density at radius 1 is 1.15 bits per heavy atom. The topological polar surface area (TPSA) is 52.5 Å². The van der Waals surface area contributed by atoms with E-state index in [2.05, 4.69) is 5.32 Å². The highest BCUT2D eigenvalue weighted by molar-refractivity contribution is 6.05. The van der Waals surface area contributed by atoms with Gasteiger partial charge in [0.1, 0.15) is 6.54 Å². The Kier molecular flexibility index (Phi) is 4.84. The summed E-state index contributed by atoms with van der Waals surface area (Å²) in [5.41, 5.74) is 1.34. The average Bonchev–Trinajstić information content (AvgIpc) is 2.75. The van der Waals surface area contributed by atoms with Crippen molar-refractivity contribution in [2.75, 3.05) is 18.5 Å². The highest BCUT2D eigenvalue weighted by Crippen LogP contribution is 2.32. The molecule has 1 aromatic carbocycles. The Morgan fingerprint density at radius 2 is 1.85 bits per heavy atom. The second-order valence-electron chi connectivity index (χ2n) is 6.15. The zero-order valence-electron chi connectivity index (χ0n) is 14.4. The van der Waals surface area contributed by atoms with E-state index in [1.165, 1.54) is 13.0 Å². The van der Waals surface area contributed by atoms with Crippen LogP contribution < -0.4 is 14.8 Å². The van der Waals surface area contributed by atoms with Gasteiger partial charge in [-0.2, -0.15) is 13.2 Å². The lowest BCUT2D eigenvalue weighted by Gasteiger charge is -2.13. The third-order valence-corrected chi connectivity index (χ3v) is 4.16. The number of hydrogen-bond acceptors (Lipinski definition) is 3. The molecule has 1 aromatic heterocycles. The molecule has 1 aliphatic heterocycles. The number of ether oxygens (including phenoxy) is 2. The first-order chi connectivity index (χ1) is 12.2. The van der Waals surface area contributed by atoms with Gasteiger partial charge in [-0.25, -0.2) is 0 Å². The van der Waals surface area contributed by atoms with Gasteiger partial charge in [0.2, 0.25) is 0 Å². The van der Waals surface area contributed by atoms with Crippen molar-refractivity contribution in [3.63, 3.8) is 0 Å². The summed E-state index contributed by atoms with van der Waals surface area (Å²) in [6.45, 7) is 3.00. The van der Waals surface area contributed by atoms with E-state index in [0.29, 0.717) is 36.1 Å². The van der Waals surface area contributed by atoms with Crippen molar-refractivity contribution in [3.8, 4) is 11.5 Å². The fourth-order valence-corrected chi connectivity index (χ4v) is 2.89. The first-order valence-electron chi connectivity index (χ1n) is 8.19. The predicted molar refractivity (Wildman–Crippen MR) is 90.0 cm³/mol. The van der Waals surface area contributed by atoms with E-state index >= 15 is 0 Å². The number of hydrogen-bond donors (Lipinski definition) is 1. The maximum atomic E-state index is 12.7. The molecule has 1 amide bonds. The summed E-state index contributed by atoms with van der Waals surface area (Å²) in [4.78, 5) is 12.5. The molecule has 0 saturated carbocycles. The van der Waals surface area contributed by atoms with Crippen molar-refractivity contribution in [3.05, 3.63) is 41.2 Å². The van der Waals surface area contributed by atoms with Crippen LogP contribution in [-0.4, -0.2) is 29.9 Å². The maximum absolute atomic E-state index is 12.7. The second-order valence-corrected chi connectivity index (χ2v) is 6.15. The molecule has 1 aliphatic rings. The Balaban J connectivity index is 1.80. The van der Waals surface area contributed by atoms with Gasteiger partial charge in [-0.1, -0.05) is 0 Å². The first kappa shape index (κ1) is 18.2. The zero-order valence-corrected chi connectivity index (χ0v) is 14.4. The summed E-state index contributed by atoms with van der Waals surface area (Å²) in [5.74, 6) is 0.660. The van der Waals surface area contributed by atoms with Gasteiger partial charge >= 0.3 is 6.18 Å². The number of carbonyl (C=O) groups is 1. The molecule has 8 heteroatoms. The summed E-state index contributed by atoms with van der Waals surface area (Å²) >= 11 is 0. The quantitative estimate of drug-likeness (QED) is 0.888. The molecule has 0 fully saturated rings. The summed E-state index contributed by atoms with van der Waals surface area (Å²) in [7, 11) is 0. The number of benzene rings is 1. The number of halogens is 3. The Bertz CT molecular complexity index is 828. The smallest absolute Gasteiger partial charge is 0.406 e.